The van der Waals surface area contributed by atoms with Crippen LogP contribution < -0.4 is 14.8 Å². The number of methoxy groups -OCH3 is 1. The SMILES string of the molecule is CC[C@H](C)NC(=O)[C@@H](Cc1ccccc1)N(Cc1cccc(C)c1)C(=O)COc1ccc([N+](=O)[O-])c(OC)c1. The number of benzene rings is 3. The number of nitro benzene ring substituents is 1. The van der Waals surface area contributed by atoms with Crippen molar-refractivity contribution in [3.63, 3.8) is 0 Å². The Hall–Kier alpha value is -4.40. The van der Waals surface area contributed by atoms with Gasteiger partial charge in [0.05, 0.1) is 12.0 Å². The van der Waals surface area contributed by atoms with Crippen molar-refractivity contribution >= 4 is 17.5 Å². The molecule has 0 aliphatic rings. The molecule has 0 fully saturated rings. The molecule has 9 nitrogen and oxygen atoms in total. The van der Waals surface area contributed by atoms with Crippen molar-refractivity contribution in [3.05, 3.63) is 99.6 Å². The largest absolute Gasteiger partial charge is 0.490 e. The maximum Gasteiger partial charge on any atom is 0.311 e. The van der Waals surface area contributed by atoms with Crippen molar-refractivity contribution in [2.45, 2.75) is 52.2 Å². The van der Waals surface area contributed by atoms with E-state index in [4.69, 9.17) is 9.47 Å². The molecule has 3 aromatic carbocycles. The topological polar surface area (TPSA) is 111 Å². The Morgan fingerprint density at radius 2 is 1.74 bits per heavy atom. The maximum absolute atomic E-state index is 13.7. The number of nitro groups is 1. The smallest absolute Gasteiger partial charge is 0.311 e. The lowest BCUT2D eigenvalue weighted by Crippen LogP contribution is -2.53. The molecule has 2 atom stereocenters. The highest BCUT2D eigenvalue weighted by Gasteiger charge is 2.31. The quantitative estimate of drug-likeness (QED) is 0.249. The lowest BCUT2D eigenvalue weighted by Gasteiger charge is -2.32. The third kappa shape index (κ3) is 8.29. The van der Waals surface area contributed by atoms with Gasteiger partial charge in [0.25, 0.3) is 5.91 Å². The van der Waals surface area contributed by atoms with E-state index in [0.29, 0.717) is 6.42 Å². The molecule has 0 saturated heterocycles. The Morgan fingerprint density at radius 3 is 2.38 bits per heavy atom. The summed E-state index contributed by atoms with van der Waals surface area (Å²) in [6.07, 6.45) is 1.08. The molecule has 0 radical (unpaired) electrons. The maximum atomic E-state index is 13.7. The van der Waals surface area contributed by atoms with Crippen molar-refractivity contribution in [2.24, 2.45) is 0 Å². The van der Waals surface area contributed by atoms with E-state index in [0.717, 1.165) is 23.1 Å². The molecule has 206 valence electrons. The Labute approximate surface area is 228 Å². The van der Waals surface area contributed by atoms with Gasteiger partial charge in [0.1, 0.15) is 11.8 Å². The second kappa shape index (κ2) is 13.9. The van der Waals surface area contributed by atoms with Gasteiger partial charge >= 0.3 is 5.69 Å². The minimum Gasteiger partial charge on any atom is -0.490 e. The normalized spacial score (nSPS) is 12.2. The van der Waals surface area contributed by atoms with E-state index in [9.17, 15) is 19.7 Å². The van der Waals surface area contributed by atoms with Gasteiger partial charge < -0.3 is 19.7 Å². The lowest BCUT2D eigenvalue weighted by molar-refractivity contribution is -0.385. The third-order valence-electron chi connectivity index (χ3n) is 6.42. The predicted molar refractivity (Wildman–Crippen MR) is 149 cm³/mol. The number of nitrogens with zero attached hydrogens (tertiary/aromatic N) is 2. The van der Waals surface area contributed by atoms with E-state index in [2.05, 4.69) is 5.32 Å². The first-order valence-corrected chi connectivity index (χ1v) is 12.9. The van der Waals surface area contributed by atoms with Crippen LogP contribution in [-0.2, 0) is 22.6 Å². The number of carbonyl (C=O) groups excluding carboxylic acids is 2. The van der Waals surface area contributed by atoms with Gasteiger partial charge in [-0.05, 0) is 37.5 Å². The Bertz CT molecular complexity index is 1280. The van der Waals surface area contributed by atoms with Gasteiger partial charge in [0.2, 0.25) is 11.7 Å². The summed E-state index contributed by atoms with van der Waals surface area (Å²) in [7, 11) is 1.32. The molecule has 1 N–H and O–H groups in total. The monoisotopic (exact) mass is 533 g/mol. The van der Waals surface area contributed by atoms with E-state index in [-0.39, 0.29) is 42.3 Å². The molecule has 0 aliphatic heterocycles. The zero-order valence-electron chi connectivity index (χ0n) is 22.8. The van der Waals surface area contributed by atoms with Crippen LogP contribution in [0.1, 0.15) is 37.0 Å². The van der Waals surface area contributed by atoms with Gasteiger partial charge in [-0.25, -0.2) is 0 Å². The molecular formula is C30H35N3O6. The highest BCUT2D eigenvalue weighted by Crippen LogP contribution is 2.30. The highest BCUT2D eigenvalue weighted by molar-refractivity contribution is 5.88. The highest BCUT2D eigenvalue weighted by atomic mass is 16.6. The van der Waals surface area contributed by atoms with Gasteiger partial charge in [-0.3, -0.25) is 19.7 Å². The average Bonchev–Trinajstić information content (AvgIpc) is 2.93. The second-order valence-corrected chi connectivity index (χ2v) is 9.41. The Kier molecular flexibility index (Phi) is 10.4. The summed E-state index contributed by atoms with van der Waals surface area (Å²) in [4.78, 5) is 39.5. The molecular weight excluding hydrogens is 498 g/mol. The molecule has 0 unspecified atom stereocenters. The fourth-order valence-electron chi connectivity index (χ4n) is 4.13. The first-order valence-electron chi connectivity index (χ1n) is 12.9. The summed E-state index contributed by atoms with van der Waals surface area (Å²) in [6, 6.07) is 20.5. The zero-order valence-corrected chi connectivity index (χ0v) is 22.8. The van der Waals surface area contributed by atoms with E-state index >= 15 is 0 Å². The van der Waals surface area contributed by atoms with Gasteiger partial charge in [-0.2, -0.15) is 0 Å². The molecule has 3 aromatic rings. The first-order chi connectivity index (χ1) is 18.7. The van der Waals surface area contributed by atoms with Crippen molar-refractivity contribution in [2.75, 3.05) is 13.7 Å². The van der Waals surface area contributed by atoms with Crippen molar-refractivity contribution in [1.29, 1.82) is 0 Å². The van der Waals surface area contributed by atoms with E-state index in [1.54, 1.807) is 4.90 Å². The molecule has 0 heterocycles. The summed E-state index contributed by atoms with van der Waals surface area (Å²) in [5.41, 5.74) is 2.64. The zero-order chi connectivity index (χ0) is 28.4. The predicted octanol–water partition coefficient (Wildman–Crippen LogP) is 4.85. The summed E-state index contributed by atoms with van der Waals surface area (Å²) in [6.45, 7) is 5.72. The van der Waals surface area contributed by atoms with Crippen LogP contribution in [0.2, 0.25) is 0 Å². The number of hydrogen-bond donors (Lipinski definition) is 1. The molecule has 2 amide bonds. The Morgan fingerprint density at radius 1 is 1.03 bits per heavy atom. The molecule has 9 heteroatoms. The van der Waals surface area contributed by atoms with Gasteiger partial charge in [0.15, 0.2) is 6.61 Å². The fraction of sp³-hybridized carbons (Fsp3) is 0.333. The lowest BCUT2D eigenvalue weighted by atomic mass is 10.0. The molecule has 0 bridgehead atoms. The third-order valence-corrected chi connectivity index (χ3v) is 6.42. The van der Waals surface area contributed by atoms with E-state index in [1.807, 2.05) is 75.4 Å². The number of amides is 2. The molecule has 0 saturated carbocycles. The summed E-state index contributed by atoms with van der Waals surface area (Å²) in [5.74, 6) is -0.373. The summed E-state index contributed by atoms with van der Waals surface area (Å²) < 4.78 is 10.8. The molecule has 3 rings (SSSR count). The molecule has 0 aliphatic carbocycles. The van der Waals surface area contributed by atoms with Crippen LogP contribution in [0.4, 0.5) is 5.69 Å². The van der Waals surface area contributed by atoms with Gasteiger partial charge in [-0.15, -0.1) is 0 Å². The van der Waals surface area contributed by atoms with Gasteiger partial charge in [0, 0.05) is 31.1 Å². The van der Waals surface area contributed by atoms with Crippen molar-refractivity contribution in [1.82, 2.24) is 10.2 Å². The van der Waals surface area contributed by atoms with Crippen molar-refractivity contribution < 1.29 is 24.0 Å². The minimum atomic E-state index is -0.788. The number of hydrogen-bond acceptors (Lipinski definition) is 6. The van der Waals surface area contributed by atoms with Gasteiger partial charge in [-0.1, -0.05) is 67.1 Å². The van der Waals surface area contributed by atoms with Crippen LogP contribution in [0.15, 0.2) is 72.8 Å². The minimum absolute atomic E-state index is 0.0245. The molecule has 0 spiro atoms. The number of ether oxygens (including phenoxy) is 2. The molecule has 0 aromatic heterocycles. The Balaban J connectivity index is 1.92. The standard InChI is InChI=1S/C30H35N3O6/c1-5-22(3)31-30(35)27(17-23-11-7-6-8-12-23)32(19-24-13-9-10-21(2)16-24)29(34)20-39-25-14-15-26(33(36)37)28(18-25)38-4/h6-16,18,22,27H,5,17,19-20H2,1-4H3,(H,31,35)/t22-,27+/m0/s1. The second-order valence-electron chi connectivity index (χ2n) is 9.41. The van der Waals surface area contributed by atoms with E-state index in [1.165, 1.54) is 25.3 Å². The fourth-order valence-corrected chi connectivity index (χ4v) is 4.13. The van der Waals surface area contributed by atoms with Crippen LogP contribution in [-0.4, -0.2) is 47.4 Å². The van der Waals surface area contributed by atoms with Crippen LogP contribution >= 0.6 is 0 Å². The van der Waals surface area contributed by atoms with Crippen LogP contribution in [0.5, 0.6) is 11.5 Å². The summed E-state index contributed by atoms with van der Waals surface area (Å²) >= 11 is 0. The number of aryl methyl sites for hydroxylation is 1. The average molecular weight is 534 g/mol. The van der Waals surface area contributed by atoms with Crippen LogP contribution in [0.25, 0.3) is 0 Å². The van der Waals surface area contributed by atoms with Crippen LogP contribution in [0.3, 0.4) is 0 Å². The first kappa shape index (κ1) is 29.2. The molecule has 39 heavy (non-hydrogen) atoms. The number of carbonyl (C=O) groups is 2. The van der Waals surface area contributed by atoms with E-state index < -0.39 is 16.9 Å². The number of nitrogens with one attached hydrogen (secondary N) is 1. The van der Waals surface area contributed by atoms with Crippen molar-refractivity contribution in [3.8, 4) is 11.5 Å². The summed E-state index contributed by atoms with van der Waals surface area (Å²) in [5, 5.41) is 14.3. The van der Waals surface area contributed by atoms with Crippen LogP contribution in [0, 0.1) is 17.0 Å². The number of rotatable bonds is 13.